The van der Waals surface area contributed by atoms with E-state index in [1.807, 2.05) is 0 Å². The molecule has 0 aromatic rings. The van der Waals surface area contributed by atoms with Crippen LogP contribution in [0, 0.1) is 5.92 Å². The van der Waals surface area contributed by atoms with Gasteiger partial charge in [0.25, 0.3) is 0 Å². The Morgan fingerprint density at radius 2 is 1.53 bits per heavy atom. The zero-order valence-electron chi connectivity index (χ0n) is 11.7. The van der Waals surface area contributed by atoms with Crippen LogP contribution >= 0.6 is 12.2 Å². The van der Waals surface area contributed by atoms with Gasteiger partial charge < -0.3 is 11.1 Å². The minimum Gasteiger partial charge on any atom is -0.391 e. The second kappa shape index (κ2) is 6.69. The molecule has 2 fully saturated rings. The quantitative estimate of drug-likeness (QED) is 0.782. The van der Waals surface area contributed by atoms with Gasteiger partial charge in [-0.25, -0.2) is 0 Å². The van der Waals surface area contributed by atoms with Gasteiger partial charge in [-0.05, 0) is 25.7 Å². The normalized spacial score (nSPS) is 24.4. The number of hydrogen-bond donors (Lipinski definition) is 2. The summed E-state index contributed by atoms with van der Waals surface area (Å²) in [6, 6.07) is 0. The Kier molecular flexibility index (Phi) is 5.20. The van der Waals surface area contributed by atoms with E-state index < -0.39 is 0 Å². The summed E-state index contributed by atoms with van der Waals surface area (Å²) in [5.41, 5.74) is 5.50. The molecule has 3 nitrogen and oxygen atoms in total. The van der Waals surface area contributed by atoms with E-state index >= 15 is 0 Å². The Balaban J connectivity index is 1.96. The molecule has 0 heterocycles. The molecule has 0 aromatic heterocycles. The molecule has 2 aliphatic rings. The van der Waals surface area contributed by atoms with Gasteiger partial charge in [0.15, 0.2) is 0 Å². The van der Waals surface area contributed by atoms with Crippen LogP contribution in [-0.2, 0) is 4.79 Å². The lowest BCUT2D eigenvalue weighted by Crippen LogP contribution is -2.56. The number of carbonyl (C=O) groups excluding carboxylic acids is 1. The molecule has 2 saturated carbocycles. The maximum absolute atomic E-state index is 12.5. The lowest BCUT2D eigenvalue weighted by molar-refractivity contribution is -0.126. The third kappa shape index (κ3) is 3.68. The number of rotatable bonds is 3. The molecular weight excluding hydrogens is 256 g/mol. The van der Waals surface area contributed by atoms with Crippen molar-refractivity contribution in [3.63, 3.8) is 0 Å². The zero-order chi connectivity index (χ0) is 13.7. The number of hydrogen-bond acceptors (Lipinski definition) is 2. The molecule has 4 heteroatoms. The number of nitrogens with two attached hydrogens (primary N) is 1. The maximum atomic E-state index is 12.5. The summed E-state index contributed by atoms with van der Waals surface area (Å²) in [5, 5.41) is 3.20. The standard InChI is InChI=1S/C15H26N2OS/c16-14(19)15(10-6-7-11-15)17-13(18)12-8-4-2-1-3-5-9-12/h12H,1-11H2,(H2,16,19)(H,17,18). The predicted octanol–water partition coefficient (Wildman–Crippen LogP) is 3.06. The molecule has 0 bridgehead atoms. The molecule has 0 saturated heterocycles. The van der Waals surface area contributed by atoms with Gasteiger partial charge in [-0.1, -0.05) is 57.2 Å². The van der Waals surface area contributed by atoms with Crippen LogP contribution in [-0.4, -0.2) is 16.4 Å². The van der Waals surface area contributed by atoms with Crippen molar-refractivity contribution in [2.24, 2.45) is 11.7 Å². The molecule has 0 aromatic carbocycles. The van der Waals surface area contributed by atoms with E-state index in [1.165, 1.54) is 32.1 Å². The van der Waals surface area contributed by atoms with Gasteiger partial charge in [-0.2, -0.15) is 0 Å². The molecule has 108 valence electrons. The highest BCUT2D eigenvalue weighted by Gasteiger charge is 2.39. The monoisotopic (exact) mass is 282 g/mol. The van der Waals surface area contributed by atoms with Crippen LogP contribution < -0.4 is 11.1 Å². The summed E-state index contributed by atoms with van der Waals surface area (Å²) in [4.78, 5) is 13.0. The highest BCUT2D eigenvalue weighted by Crippen LogP contribution is 2.31. The van der Waals surface area contributed by atoms with Crippen LogP contribution in [0.1, 0.15) is 70.6 Å². The molecule has 2 aliphatic carbocycles. The van der Waals surface area contributed by atoms with E-state index in [2.05, 4.69) is 5.32 Å². The molecule has 0 radical (unpaired) electrons. The number of amides is 1. The largest absolute Gasteiger partial charge is 0.391 e. The van der Waals surface area contributed by atoms with Gasteiger partial charge in [-0.15, -0.1) is 0 Å². The van der Waals surface area contributed by atoms with Crippen molar-refractivity contribution >= 4 is 23.1 Å². The summed E-state index contributed by atoms with van der Waals surface area (Å²) < 4.78 is 0. The fourth-order valence-corrected chi connectivity index (χ4v) is 3.72. The van der Waals surface area contributed by atoms with Gasteiger partial charge in [0.1, 0.15) is 0 Å². The molecule has 0 unspecified atom stereocenters. The van der Waals surface area contributed by atoms with Crippen LogP contribution in [0.25, 0.3) is 0 Å². The van der Waals surface area contributed by atoms with E-state index in [1.54, 1.807) is 0 Å². The maximum Gasteiger partial charge on any atom is 0.223 e. The smallest absolute Gasteiger partial charge is 0.223 e. The highest BCUT2D eigenvalue weighted by molar-refractivity contribution is 7.80. The Hall–Kier alpha value is -0.640. The third-order valence-corrected chi connectivity index (χ3v) is 5.16. The van der Waals surface area contributed by atoms with Crippen LogP contribution in [0.3, 0.4) is 0 Å². The Morgan fingerprint density at radius 3 is 2.05 bits per heavy atom. The molecule has 3 N–H and O–H groups in total. The van der Waals surface area contributed by atoms with Crippen LogP contribution in [0.15, 0.2) is 0 Å². The molecule has 1 amide bonds. The molecule has 0 atom stereocenters. The van der Waals surface area contributed by atoms with E-state index in [0.717, 1.165) is 38.5 Å². The first kappa shape index (κ1) is 14.8. The van der Waals surface area contributed by atoms with Crippen molar-refractivity contribution in [3.05, 3.63) is 0 Å². The number of thiocarbonyl (C=S) groups is 1. The first-order chi connectivity index (χ1) is 9.14. The first-order valence-corrected chi connectivity index (χ1v) is 8.17. The van der Waals surface area contributed by atoms with Crippen molar-refractivity contribution in [2.75, 3.05) is 0 Å². The minimum absolute atomic E-state index is 0.173. The first-order valence-electron chi connectivity index (χ1n) is 7.76. The fourth-order valence-electron chi connectivity index (χ4n) is 3.47. The number of carbonyl (C=O) groups is 1. The molecular formula is C15H26N2OS. The summed E-state index contributed by atoms with van der Waals surface area (Å²) in [5.74, 6) is 0.365. The molecule has 0 spiro atoms. The van der Waals surface area contributed by atoms with E-state index in [4.69, 9.17) is 18.0 Å². The van der Waals surface area contributed by atoms with Crippen molar-refractivity contribution < 1.29 is 4.79 Å². The molecule has 2 rings (SSSR count). The molecule has 19 heavy (non-hydrogen) atoms. The average molecular weight is 282 g/mol. The second-order valence-corrected chi connectivity index (χ2v) is 6.62. The van der Waals surface area contributed by atoms with E-state index in [-0.39, 0.29) is 17.4 Å². The van der Waals surface area contributed by atoms with Gasteiger partial charge in [0, 0.05) is 5.92 Å². The lowest BCUT2D eigenvalue weighted by atomic mass is 9.89. The van der Waals surface area contributed by atoms with Crippen molar-refractivity contribution in [2.45, 2.75) is 76.2 Å². The Labute approximate surface area is 121 Å². The van der Waals surface area contributed by atoms with Gasteiger partial charge >= 0.3 is 0 Å². The van der Waals surface area contributed by atoms with Crippen molar-refractivity contribution in [1.82, 2.24) is 5.32 Å². The Bertz CT molecular complexity index is 329. The van der Waals surface area contributed by atoms with Crippen molar-refractivity contribution in [3.8, 4) is 0 Å². The molecule has 0 aliphatic heterocycles. The highest BCUT2D eigenvalue weighted by atomic mass is 32.1. The fraction of sp³-hybridized carbons (Fsp3) is 0.867. The summed E-state index contributed by atoms with van der Waals surface area (Å²) >= 11 is 5.20. The van der Waals surface area contributed by atoms with E-state index in [9.17, 15) is 4.79 Å². The van der Waals surface area contributed by atoms with Crippen molar-refractivity contribution in [1.29, 1.82) is 0 Å². The van der Waals surface area contributed by atoms with Crippen LogP contribution in [0.5, 0.6) is 0 Å². The van der Waals surface area contributed by atoms with Crippen LogP contribution in [0.2, 0.25) is 0 Å². The minimum atomic E-state index is -0.380. The second-order valence-electron chi connectivity index (χ2n) is 6.18. The topological polar surface area (TPSA) is 55.1 Å². The lowest BCUT2D eigenvalue weighted by Gasteiger charge is -2.31. The number of nitrogens with one attached hydrogen (secondary N) is 1. The van der Waals surface area contributed by atoms with Crippen LogP contribution in [0.4, 0.5) is 0 Å². The average Bonchev–Trinajstić information content (AvgIpc) is 2.78. The zero-order valence-corrected chi connectivity index (χ0v) is 12.6. The van der Waals surface area contributed by atoms with Gasteiger partial charge in [0.2, 0.25) is 5.91 Å². The van der Waals surface area contributed by atoms with E-state index in [0.29, 0.717) is 4.99 Å². The SMILES string of the molecule is NC(=S)C1(NC(=O)C2CCCCCCC2)CCCC1. The summed E-state index contributed by atoms with van der Waals surface area (Å²) in [7, 11) is 0. The summed E-state index contributed by atoms with van der Waals surface area (Å²) in [6.45, 7) is 0. The van der Waals surface area contributed by atoms with Gasteiger partial charge in [-0.3, -0.25) is 4.79 Å². The Morgan fingerprint density at radius 1 is 1.00 bits per heavy atom. The predicted molar refractivity (Wildman–Crippen MR) is 81.9 cm³/mol. The summed E-state index contributed by atoms with van der Waals surface area (Å²) in [6.07, 6.45) is 12.3. The third-order valence-electron chi connectivity index (χ3n) is 4.77. The van der Waals surface area contributed by atoms with Gasteiger partial charge in [0.05, 0.1) is 10.5 Å².